The second-order valence-electron chi connectivity index (χ2n) is 7.19. The normalized spacial score (nSPS) is 11.0. The van der Waals surface area contributed by atoms with Crippen molar-refractivity contribution in [1.29, 1.82) is 0 Å². The summed E-state index contributed by atoms with van der Waals surface area (Å²) in [5, 5.41) is 0. The van der Waals surface area contributed by atoms with E-state index in [0.717, 1.165) is 48.2 Å². The standard InChI is InChI=1S/C24H27FN2O/c1-3-4-6-14-21-23(19-12-9-13-20(25)15-19)22(24(26)28)17(2)27(21)16-18-10-7-5-8-11-18/h5,7-13,15H,3-4,6,14,16H2,1-2H3,(H2,26,28). The van der Waals surface area contributed by atoms with Gasteiger partial charge >= 0.3 is 0 Å². The number of halogens is 1. The highest BCUT2D eigenvalue weighted by Crippen LogP contribution is 2.34. The van der Waals surface area contributed by atoms with Crippen molar-refractivity contribution in [3.8, 4) is 11.1 Å². The molecule has 0 saturated carbocycles. The summed E-state index contributed by atoms with van der Waals surface area (Å²) in [5.41, 5.74) is 10.8. The number of primary amides is 1. The first-order chi connectivity index (χ1) is 13.5. The highest BCUT2D eigenvalue weighted by atomic mass is 19.1. The number of hydrogen-bond acceptors (Lipinski definition) is 1. The summed E-state index contributed by atoms with van der Waals surface area (Å²) < 4.78 is 16.1. The highest BCUT2D eigenvalue weighted by molar-refractivity contribution is 6.02. The predicted molar refractivity (Wildman–Crippen MR) is 112 cm³/mol. The van der Waals surface area contributed by atoms with Gasteiger partial charge in [0.2, 0.25) is 0 Å². The number of benzene rings is 2. The van der Waals surface area contributed by atoms with E-state index in [4.69, 9.17) is 5.73 Å². The number of rotatable bonds is 8. The maximum atomic E-state index is 14.0. The van der Waals surface area contributed by atoms with Gasteiger partial charge in [0.05, 0.1) is 5.56 Å². The molecule has 3 rings (SSSR count). The Bertz CT molecular complexity index is 960. The molecule has 0 spiro atoms. The van der Waals surface area contributed by atoms with Gasteiger partial charge in [-0.1, -0.05) is 62.2 Å². The molecular weight excluding hydrogens is 351 g/mol. The van der Waals surface area contributed by atoms with Crippen molar-refractivity contribution < 1.29 is 9.18 Å². The average Bonchev–Trinajstić information content (AvgIpc) is 2.95. The summed E-state index contributed by atoms with van der Waals surface area (Å²) in [6.07, 6.45) is 4.04. The second-order valence-corrected chi connectivity index (χ2v) is 7.19. The number of hydrogen-bond donors (Lipinski definition) is 1. The van der Waals surface area contributed by atoms with Crippen LogP contribution in [0.4, 0.5) is 4.39 Å². The molecule has 2 aromatic carbocycles. The molecule has 1 amide bonds. The fourth-order valence-electron chi connectivity index (χ4n) is 3.84. The summed E-state index contributed by atoms with van der Waals surface area (Å²) in [6.45, 7) is 4.75. The molecule has 3 aromatic rings. The van der Waals surface area contributed by atoms with Gasteiger partial charge in [-0.15, -0.1) is 0 Å². The van der Waals surface area contributed by atoms with Crippen molar-refractivity contribution in [2.24, 2.45) is 5.73 Å². The Hall–Kier alpha value is -2.88. The molecule has 0 aliphatic carbocycles. The zero-order valence-electron chi connectivity index (χ0n) is 16.5. The minimum atomic E-state index is -0.472. The van der Waals surface area contributed by atoms with E-state index in [-0.39, 0.29) is 5.82 Å². The molecule has 0 aliphatic heterocycles. The van der Waals surface area contributed by atoms with Crippen LogP contribution in [0.15, 0.2) is 54.6 Å². The van der Waals surface area contributed by atoms with E-state index >= 15 is 0 Å². The third-order valence-electron chi connectivity index (χ3n) is 5.19. The Labute approximate surface area is 166 Å². The van der Waals surface area contributed by atoms with Crippen LogP contribution in [0.25, 0.3) is 11.1 Å². The Balaban J connectivity index is 2.20. The molecule has 0 saturated heterocycles. The first-order valence-corrected chi connectivity index (χ1v) is 9.84. The monoisotopic (exact) mass is 378 g/mol. The van der Waals surface area contributed by atoms with Gasteiger partial charge in [-0.25, -0.2) is 4.39 Å². The van der Waals surface area contributed by atoms with Crippen molar-refractivity contribution in [2.45, 2.75) is 46.1 Å². The fourth-order valence-corrected chi connectivity index (χ4v) is 3.84. The second kappa shape index (κ2) is 8.87. The summed E-state index contributed by atoms with van der Waals surface area (Å²) in [5.74, 6) is -0.791. The predicted octanol–water partition coefficient (Wildman–Crippen LogP) is 5.48. The Morgan fingerprint density at radius 1 is 1.07 bits per heavy atom. The lowest BCUT2D eigenvalue weighted by atomic mass is 9.97. The van der Waals surface area contributed by atoms with Crippen LogP contribution in [-0.4, -0.2) is 10.5 Å². The lowest BCUT2D eigenvalue weighted by molar-refractivity contribution is 0.1000. The number of nitrogens with two attached hydrogens (primary N) is 1. The van der Waals surface area contributed by atoms with E-state index in [1.165, 1.54) is 12.1 Å². The number of carbonyl (C=O) groups excluding carboxylic acids is 1. The van der Waals surface area contributed by atoms with Gasteiger partial charge in [0, 0.05) is 23.5 Å². The average molecular weight is 378 g/mol. The van der Waals surface area contributed by atoms with Gasteiger partial charge < -0.3 is 10.3 Å². The summed E-state index contributed by atoms with van der Waals surface area (Å²) >= 11 is 0. The van der Waals surface area contributed by atoms with E-state index in [2.05, 4.69) is 23.6 Å². The summed E-state index contributed by atoms with van der Waals surface area (Å²) in [7, 11) is 0. The van der Waals surface area contributed by atoms with E-state index in [1.807, 2.05) is 31.2 Å². The van der Waals surface area contributed by atoms with Gasteiger partial charge in [0.15, 0.2) is 0 Å². The number of nitrogens with zero attached hydrogens (tertiary/aromatic N) is 1. The van der Waals surface area contributed by atoms with Crippen molar-refractivity contribution in [3.63, 3.8) is 0 Å². The third kappa shape index (κ3) is 4.16. The SMILES string of the molecule is CCCCCc1c(-c2cccc(F)c2)c(C(N)=O)c(C)n1Cc1ccccc1. The molecule has 0 fully saturated rings. The van der Waals surface area contributed by atoms with Crippen LogP contribution < -0.4 is 5.73 Å². The van der Waals surface area contributed by atoms with Gasteiger partial charge in [-0.05, 0) is 43.0 Å². The Kier molecular flexibility index (Phi) is 6.30. The third-order valence-corrected chi connectivity index (χ3v) is 5.19. The molecule has 0 bridgehead atoms. The fraction of sp³-hybridized carbons (Fsp3) is 0.292. The van der Waals surface area contributed by atoms with Crippen molar-refractivity contribution >= 4 is 5.91 Å². The number of aromatic nitrogens is 1. The molecule has 1 aromatic heterocycles. The molecule has 0 aliphatic rings. The van der Waals surface area contributed by atoms with E-state index in [0.29, 0.717) is 17.7 Å². The van der Waals surface area contributed by atoms with Crippen LogP contribution in [0.1, 0.15) is 53.5 Å². The van der Waals surface area contributed by atoms with Gasteiger partial charge in [-0.3, -0.25) is 4.79 Å². The summed E-state index contributed by atoms with van der Waals surface area (Å²) in [4.78, 5) is 12.4. The molecule has 2 N–H and O–H groups in total. The topological polar surface area (TPSA) is 48.0 Å². The molecule has 1 heterocycles. The van der Waals surface area contributed by atoms with Gasteiger partial charge in [-0.2, -0.15) is 0 Å². The van der Waals surface area contributed by atoms with Crippen molar-refractivity contribution in [3.05, 3.63) is 82.9 Å². The van der Waals surface area contributed by atoms with Crippen LogP contribution in [0.5, 0.6) is 0 Å². The number of amides is 1. The molecule has 0 unspecified atom stereocenters. The molecule has 4 heteroatoms. The minimum Gasteiger partial charge on any atom is -0.366 e. The van der Waals surface area contributed by atoms with E-state index < -0.39 is 5.91 Å². The van der Waals surface area contributed by atoms with Gasteiger partial charge in [0.25, 0.3) is 5.91 Å². The van der Waals surface area contributed by atoms with Crippen molar-refractivity contribution in [2.75, 3.05) is 0 Å². The molecule has 3 nitrogen and oxygen atoms in total. The van der Waals surface area contributed by atoms with Crippen LogP contribution >= 0.6 is 0 Å². The minimum absolute atomic E-state index is 0.319. The highest BCUT2D eigenvalue weighted by Gasteiger charge is 2.24. The van der Waals surface area contributed by atoms with Crippen molar-refractivity contribution in [1.82, 2.24) is 4.57 Å². The summed E-state index contributed by atoms with van der Waals surface area (Å²) in [6, 6.07) is 16.6. The zero-order valence-corrected chi connectivity index (χ0v) is 16.5. The first-order valence-electron chi connectivity index (χ1n) is 9.84. The van der Waals surface area contributed by atoms with Crippen LogP contribution in [-0.2, 0) is 13.0 Å². The smallest absolute Gasteiger partial charge is 0.251 e. The van der Waals surface area contributed by atoms with Crippen LogP contribution in [0.3, 0.4) is 0 Å². The zero-order chi connectivity index (χ0) is 20.1. The maximum absolute atomic E-state index is 14.0. The van der Waals surface area contributed by atoms with E-state index in [1.54, 1.807) is 6.07 Å². The lowest BCUT2D eigenvalue weighted by Crippen LogP contribution is -2.13. The number of unbranched alkanes of at least 4 members (excludes halogenated alkanes) is 2. The van der Waals surface area contributed by atoms with E-state index in [9.17, 15) is 9.18 Å². The molecular formula is C24H27FN2O. The maximum Gasteiger partial charge on any atom is 0.251 e. The Morgan fingerprint density at radius 2 is 1.82 bits per heavy atom. The Morgan fingerprint density at radius 3 is 2.46 bits per heavy atom. The largest absolute Gasteiger partial charge is 0.366 e. The van der Waals surface area contributed by atoms with Gasteiger partial charge in [0.1, 0.15) is 5.82 Å². The molecule has 0 atom stereocenters. The molecule has 0 radical (unpaired) electrons. The first kappa shape index (κ1) is 19.9. The number of carbonyl (C=O) groups is 1. The molecule has 28 heavy (non-hydrogen) atoms. The van der Waals surface area contributed by atoms with Crippen LogP contribution in [0.2, 0.25) is 0 Å². The van der Waals surface area contributed by atoms with Crippen LogP contribution in [0, 0.1) is 12.7 Å². The quantitative estimate of drug-likeness (QED) is 0.518. The lowest BCUT2D eigenvalue weighted by Gasteiger charge is -2.14. The molecule has 146 valence electrons.